The van der Waals surface area contributed by atoms with Crippen molar-refractivity contribution in [2.24, 2.45) is 5.73 Å². The molecular weight excluding hydrogens is 234 g/mol. The van der Waals surface area contributed by atoms with Gasteiger partial charge < -0.3 is 10.5 Å². The number of halogens is 1. The van der Waals surface area contributed by atoms with Gasteiger partial charge in [-0.05, 0) is 55.0 Å². The van der Waals surface area contributed by atoms with Crippen molar-refractivity contribution in [1.82, 2.24) is 0 Å². The van der Waals surface area contributed by atoms with Gasteiger partial charge >= 0.3 is 0 Å². The van der Waals surface area contributed by atoms with Crippen LogP contribution >= 0.6 is 11.6 Å². The first-order chi connectivity index (χ1) is 8.20. The Bertz CT molecular complexity index is 428. The summed E-state index contributed by atoms with van der Waals surface area (Å²) in [5.41, 5.74) is 11.3. The van der Waals surface area contributed by atoms with Crippen molar-refractivity contribution in [3.05, 3.63) is 40.4 Å². The Morgan fingerprint density at radius 2 is 2.41 bits per heavy atom. The summed E-state index contributed by atoms with van der Waals surface area (Å²) in [5.74, 6) is 0.874. The van der Waals surface area contributed by atoms with E-state index in [1.54, 1.807) is 5.54 Å². The summed E-state index contributed by atoms with van der Waals surface area (Å²) >= 11 is 5.59. The molecule has 1 atom stereocenters. The van der Waals surface area contributed by atoms with Crippen molar-refractivity contribution < 1.29 is 4.74 Å². The van der Waals surface area contributed by atoms with Crippen molar-refractivity contribution in [3.63, 3.8) is 0 Å². The standard InChI is InChI=1S/C14H18ClNO/c1-10(8-15)9-17-12-6-5-11-3-2-4-14(16)13(11)7-12/h5-8,14H,2-4,9,16H2,1H3/b10-8-/t14-/m1/s1. The maximum Gasteiger partial charge on any atom is 0.120 e. The van der Waals surface area contributed by atoms with Crippen LogP contribution in [0.4, 0.5) is 0 Å². The molecule has 0 radical (unpaired) electrons. The first-order valence-corrected chi connectivity index (χ1v) is 6.41. The fourth-order valence-electron chi connectivity index (χ4n) is 2.13. The van der Waals surface area contributed by atoms with Crippen LogP contribution in [0.3, 0.4) is 0 Å². The van der Waals surface area contributed by atoms with Gasteiger partial charge in [-0.15, -0.1) is 0 Å². The maximum absolute atomic E-state index is 6.11. The largest absolute Gasteiger partial charge is 0.489 e. The Morgan fingerprint density at radius 3 is 3.18 bits per heavy atom. The first kappa shape index (κ1) is 12.5. The molecule has 1 aliphatic carbocycles. The molecule has 17 heavy (non-hydrogen) atoms. The molecule has 0 unspecified atom stereocenters. The second kappa shape index (κ2) is 5.56. The molecule has 0 aromatic heterocycles. The van der Waals surface area contributed by atoms with E-state index in [0.29, 0.717) is 6.61 Å². The normalized spacial score (nSPS) is 19.9. The van der Waals surface area contributed by atoms with E-state index in [9.17, 15) is 0 Å². The van der Waals surface area contributed by atoms with Crippen LogP contribution in [-0.2, 0) is 6.42 Å². The highest BCUT2D eigenvalue weighted by Crippen LogP contribution is 2.30. The Balaban J connectivity index is 2.12. The second-order valence-electron chi connectivity index (χ2n) is 4.60. The number of benzene rings is 1. The number of ether oxygens (including phenoxy) is 1. The van der Waals surface area contributed by atoms with E-state index in [0.717, 1.165) is 24.2 Å². The summed E-state index contributed by atoms with van der Waals surface area (Å²) < 4.78 is 5.66. The minimum absolute atomic E-state index is 0.159. The fraction of sp³-hybridized carbons (Fsp3) is 0.429. The lowest BCUT2D eigenvalue weighted by atomic mass is 9.88. The van der Waals surface area contributed by atoms with Crippen LogP contribution in [0.25, 0.3) is 0 Å². The quantitative estimate of drug-likeness (QED) is 0.892. The van der Waals surface area contributed by atoms with Crippen molar-refractivity contribution >= 4 is 11.6 Å². The summed E-state index contributed by atoms with van der Waals surface area (Å²) in [6.45, 7) is 2.47. The topological polar surface area (TPSA) is 35.2 Å². The molecule has 0 spiro atoms. The molecule has 1 aromatic rings. The van der Waals surface area contributed by atoms with Crippen LogP contribution < -0.4 is 10.5 Å². The molecule has 1 aromatic carbocycles. The van der Waals surface area contributed by atoms with E-state index in [1.165, 1.54) is 17.5 Å². The lowest BCUT2D eigenvalue weighted by Crippen LogP contribution is -2.17. The molecule has 0 saturated heterocycles. The zero-order valence-electron chi connectivity index (χ0n) is 10.1. The highest BCUT2D eigenvalue weighted by atomic mass is 35.5. The number of fused-ring (bicyclic) bond motifs is 1. The van der Waals surface area contributed by atoms with E-state index < -0.39 is 0 Å². The monoisotopic (exact) mass is 251 g/mol. The number of aryl methyl sites for hydroxylation is 1. The molecule has 92 valence electrons. The van der Waals surface area contributed by atoms with Crippen LogP contribution in [0.2, 0.25) is 0 Å². The van der Waals surface area contributed by atoms with Crippen molar-refractivity contribution in [2.75, 3.05) is 6.61 Å². The van der Waals surface area contributed by atoms with E-state index >= 15 is 0 Å². The highest BCUT2D eigenvalue weighted by Gasteiger charge is 2.17. The SMILES string of the molecule is C/C(=C/Cl)COc1ccc2c(c1)[C@H](N)CCC2. The predicted octanol–water partition coefficient (Wildman–Crippen LogP) is 3.54. The number of hydrogen-bond acceptors (Lipinski definition) is 2. The third kappa shape index (κ3) is 3.02. The summed E-state index contributed by atoms with van der Waals surface area (Å²) in [7, 11) is 0. The van der Waals surface area contributed by atoms with E-state index in [-0.39, 0.29) is 6.04 Å². The maximum atomic E-state index is 6.11. The Morgan fingerprint density at radius 1 is 1.59 bits per heavy atom. The van der Waals surface area contributed by atoms with Gasteiger partial charge in [0.25, 0.3) is 0 Å². The van der Waals surface area contributed by atoms with Gasteiger partial charge in [0.2, 0.25) is 0 Å². The van der Waals surface area contributed by atoms with Crippen molar-refractivity contribution in [2.45, 2.75) is 32.2 Å². The molecule has 0 bridgehead atoms. The van der Waals surface area contributed by atoms with Gasteiger partial charge in [-0.25, -0.2) is 0 Å². The fourth-order valence-corrected chi connectivity index (χ4v) is 2.20. The molecule has 0 heterocycles. The molecule has 2 N–H and O–H groups in total. The minimum Gasteiger partial charge on any atom is -0.489 e. The smallest absolute Gasteiger partial charge is 0.120 e. The summed E-state index contributed by atoms with van der Waals surface area (Å²) in [5, 5.41) is 0. The van der Waals surface area contributed by atoms with Crippen molar-refractivity contribution in [1.29, 1.82) is 0 Å². The van der Waals surface area contributed by atoms with Gasteiger partial charge in [0.1, 0.15) is 12.4 Å². The molecule has 1 aliphatic rings. The van der Waals surface area contributed by atoms with E-state index in [1.807, 2.05) is 13.0 Å². The summed E-state index contributed by atoms with van der Waals surface area (Å²) in [4.78, 5) is 0. The van der Waals surface area contributed by atoms with Crippen molar-refractivity contribution in [3.8, 4) is 5.75 Å². The van der Waals surface area contributed by atoms with Crippen LogP contribution in [-0.4, -0.2) is 6.61 Å². The number of rotatable bonds is 3. The van der Waals surface area contributed by atoms with E-state index in [2.05, 4.69) is 12.1 Å². The average molecular weight is 252 g/mol. The molecule has 0 fully saturated rings. The molecule has 2 rings (SSSR count). The highest BCUT2D eigenvalue weighted by molar-refractivity contribution is 6.25. The zero-order chi connectivity index (χ0) is 12.3. The molecule has 3 heteroatoms. The van der Waals surface area contributed by atoms with E-state index in [4.69, 9.17) is 22.1 Å². The van der Waals surface area contributed by atoms with Gasteiger partial charge in [0, 0.05) is 11.6 Å². The molecule has 0 aliphatic heterocycles. The second-order valence-corrected chi connectivity index (χ2v) is 4.82. The lowest BCUT2D eigenvalue weighted by molar-refractivity contribution is 0.351. The van der Waals surface area contributed by atoms with Gasteiger partial charge in [-0.2, -0.15) is 0 Å². The van der Waals surface area contributed by atoms with Crippen LogP contribution in [0.5, 0.6) is 5.75 Å². The minimum atomic E-state index is 0.159. The Labute approximate surface area is 107 Å². The van der Waals surface area contributed by atoms with Gasteiger partial charge in [-0.3, -0.25) is 0 Å². The summed E-state index contributed by atoms with van der Waals surface area (Å²) in [6.07, 6.45) is 3.38. The molecule has 0 amide bonds. The van der Waals surface area contributed by atoms with Gasteiger partial charge in [0.15, 0.2) is 0 Å². The van der Waals surface area contributed by atoms with Crippen LogP contribution in [0.1, 0.15) is 36.9 Å². The van der Waals surface area contributed by atoms with Gasteiger partial charge in [-0.1, -0.05) is 17.7 Å². The average Bonchev–Trinajstić information content (AvgIpc) is 2.36. The Kier molecular flexibility index (Phi) is 4.08. The number of hydrogen-bond donors (Lipinski definition) is 1. The lowest BCUT2D eigenvalue weighted by Gasteiger charge is -2.22. The number of nitrogens with two attached hydrogens (primary N) is 1. The third-order valence-electron chi connectivity index (χ3n) is 3.13. The zero-order valence-corrected chi connectivity index (χ0v) is 10.8. The van der Waals surface area contributed by atoms with Crippen LogP contribution in [0, 0.1) is 0 Å². The van der Waals surface area contributed by atoms with Crippen LogP contribution in [0.15, 0.2) is 29.3 Å². The third-order valence-corrected chi connectivity index (χ3v) is 3.50. The molecule has 2 nitrogen and oxygen atoms in total. The summed E-state index contributed by atoms with van der Waals surface area (Å²) in [6, 6.07) is 6.37. The Hall–Kier alpha value is -0.990. The molecular formula is C14H18ClNO. The molecule has 0 saturated carbocycles. The van der Waals surface area contributed by atoms with Gasteiger partial charge in [0.05, 0.1) is 0 Å². The first-order valence-electron chi connectivity index (χ1n) is 5.98. The predicted molar refractivity (Wildman–Crippen MR) is 71.4 cm³/mol.